The highest BCUT2D eigenvalue weighted by Crippen LogP contribution is 2.26. The van der Waals surface area contributed by atoms with Gasteiger partial charge in [-0.25, -0.2) is 4.98 Å². The molecule has 1 amide bonds. The van der Waals surface area contributed by atoms with Gasteiger partial charge in [0.1, 0.15) is 5.82 Å². The first-order chi connectivity index (χ1) is 11.1. The van der Waals surface area contributed by atoms with E-state index in [0.717, 1.165) is 5.69 Å². The van der Waals surface area contributed by atoms with Crippen LogP contribution < -0.4 is 10.6 Å². The molecular weight excluding hydrogens is 337 g/mol. The first-order valence-corrected chi connectivity index (χ1v) is 7.40. The van der Waals surface area contributed by atoms with Crippen LogP contribution in [0, 0.1) is 0 Å². The number of nitrogens with one attached hydrogen (secondary N) is 2. The Morgan fingerprint density at radius 2 is 1.87 bits per heavy atom. The Kier molecular flexibility index (Phi) is 4.50. The number of hydrogen-bond donors (Lipinski definition) is 2. The maximum absolute atomic E-state index is 11.8. The van der Waals surface area contributed by atoms with E-state index in [4.69, 9.17) is 27.6 Å². The van der Waals surface area contributed by atoms with Crippen LogP contribution in [0.2, 0.25) is 10.0 Å². The fraction of sp³-hybridized carbons (Fsp3) is 0. The van der Waals surface area contributed by atoms with Crippen molar-refractivity contribution in [3.63, 3.8) is 0 Å². The Morgan fingerprint density at radius 1 is 1.04 bits per heavy atom. The Bertz CT molecular complexity index is 818. The Hall–Kier alpha value is -2.50. The molecule has 0 aliphatic rings. The second kappa shape index (κ2) is 6.73. The molecule has 116 valence electrons. The molecule has 5 nitrogen and oxygen atoms in total. The van der Waals surface area contributed by atoms with E-state index in [2.05, 4.69) is 15.6 Å². The van der Waals surface area contributed by atoms with Crippen molar-refractivity contribution in [2.75, 3.05) is 10.6 Å². The molecule has 0 fully saturated rings. The minimum absolute atomic E-state index is 0.239. The molecule has 0 aliphatic carbocycles. The minimum atomic E-state index is -0.331. The van der Waals surface area contributed by atoms with E-state index in [-0.39, 0.29) is 11.7 Å². The molecule has 2 N–H and O–H groups in total. The molecule has 0 spiro atoms. The third kappa shape index (κ3) is 3.83. The normalized spacial score (nSPS) is 10.3. The maximum atomic E-state index is 11.8. The zero-order valence-corrected chi connectivity index (χ0v) is 13.2. The van der Waals surface area contributed by atoms with Crippen LogP contribution in [0.25, 0.3) is 0 Å². The summed E-state index contributed by atoms with van der Waals surface area (Å²) in [5.74, 6) is 0.518. The first kappa shape index (κ1) is 15.4. The molecule has 0 unspecified atom stereocenters. The van der Waals surface area contributed by atoms with Gasteiger partial charge in [0.2, 0.25) is 0 Å². The largest absolute Gasteiger partial charge is 0.459 e. The van der Waals surface area contributed by atoms with Gasteiger partial charge in [0.15, 0.2) is 5.76 Å². The summed E-state index contributed by atoms with van der Waals surface area (Å²) in [6.07, 6.45) is 2.98. The molecule has 2 aromatic heterocycles. The number of furan rings is 1. The van der Waals surface area contributed by atoms with Gasteiger partial charge in [-0.2, -0.15) is 0 Å². The average molecular weight is 348 g/mol. The van der Waals surface area contributed by atoms with Crippen LogP contribution in [-0.2, 0) is 0 Å². The molecular formula is C16H11Cl2N3O2. The number of amides is 1. The summed E-state index contributed by atoms with van der Waals surface area (Å²) in [7, 11) is 0. The summed E-state index contributed by atoms with van der Waals surface area (Å²) < 4.78 is 5.02. The second-order valence-corrected chi connectivity index (χ2v) is 5.43. The SMILES string of the molecule is O=C(Nc1ccc(Nc2ccc(Cl)c(Cl)c2)nc1)c1ccco1. The van der Waals surface area contributed by atoms with Crippen molar-refractivity contribution in [1.82, 2.24) is 4.98 Å². The lowest BCUT2D eigenvalue weighted by atomic mass is 10.3. The predicted octanol–water partition coefficient (Wildman–Crippen LogP) is 4.98. The van der Waals surface area contributed by atoms with Crippen LogP contribution in [-0.4, -0.2) is 10.9 Å². The first-order valence-electron chi connectivity index (χ1n) is 6.65. The number of pyridine rings is 1. The van der Waals surface area contributed by atoms with Gasteiger partial charge in [0, 0.05) is 5.69 Å². The molecule has 0 saturated carbocycles. The van der Waals surface area contributed by atoms with Crippen molar-refractivity contribution in [2.24, 2.45) is 0 Å². The predicted molar refractivity (Wildman–Crippen MR) is 90.6 cm³/mol. The molecule has 1 aromatic carbocycles. The highest BCUT2D eigenvalue weighted by molar-refractivity contribution is 6.42. The molecule has 7 heteroatoms. The highest BCUT2D eigenvalue weighted by atomic mass is 35.5. The number of rotatable bonds is 4. The molecule has 0 atom stereocenters. The van der Waals surface area contributed by atoms with Crippen LogP contribution in [0.5, 0.6) is 0 Å². The number of halogens is 2. The molecule has 3 aromatic rings. The Labute approximate surface area is 142 Å². The molecule has 3 rings (SSSR count). The third-order valence-corrected chi connectivity index (χ3v) is 3.70. The number of anilines is 3. The number of nitrogens with zero attached hydrogens (tertiary/aromatic N) is 1. The zero-order chi connectivity index (χ0) is 16.2. The van der Waals surface area contributed by atoms with Crippen molar-refractivity contribution in [3.8, 4) is 0 Å². The lowest BCUT2D eigenvalue weighted by molar-refractivity contribution is 0.0996. The van der Waals surface area contributed by atoms with Gasteiger partial charge in [-0.15, -0.1) is 0 Å². The van der Waals surface area contributed by atoms with Gasteiger partial charge in [0.05, 0.1) is 28.2 Å². The number of benzene rings is 1. The van der Waals surface area contributed by atoms with E-state index in [1.807, 2.05) is 0 Å². The van der Waals surface area contributed by atoms with E-state index >= 15 is 0 Å². The van der Waals surface area contributed by atoms with E-state index in [0.29, 0.717) is 21.6 Å². The number of carbonyl (C=O) groups excluding carboxylic acids is 1. The zero-order valence-electron chi connectivity index (χ0n) is 11.7. The summed E-state index contributed by atoms with van der Waals surface area (Å²) in [5, 5.41) is 6.73. The van der Waals surface area contributed by atoms with Gasteiger partial charge < -0.3 is 15.1 Å². The summed E-state index contributed by atoms with van der Waals surface area (Å²) >= 11 is 11.8. The van der Waals surface area contributed by atoms with Crippen LogP contribution in [0.1, 0.15) is 10.6 Å². The van der Waals surface area contributed by atoms with E-state index < -0.39 is 0 Å². The van der Waals surface area contributed by atoms with Crippen LogP contribution in [0.4, 0.5) is 17.2 Å². The average Bonchev–Trinajstić information content (AvgIpc) is 3.07. The maximum Gasteiger partial charge on any atom is 0.291 e. The molecule has 2 heterocycles. The van der Waals surface area contributed by atoms with Crippen molar-refractivity contribution in [2.45, 2.75) is 0 Å². The van der Waals surface area contributed by atoms with Crippen molar-refractivity contribution in [1.29, 1.82) is 0 Å². The second-order valence-electron chi connectivity index (χ2n) is 4.62. The van der Waals surface area contributed by atoms with Crippen molar-refractivity contribution >= 4 is 46.3 Å². The van der Waals surface area contributed by atoms with Gasteiger partial charge >= 0.3 is 0 Å². The molecule has 0 saturated heterocycles. The lowest BCUT2D eigenvalue weighted by Crippen LogP contribution is -2.11. The Balaban J connectivity index is 1.67. The van der Waals surface area contributed by atoms with Gasteiger partial charge in [-0.3, -0.25) is 4.79 Å². The summed E-state index contributed by atoms with van der Waals surface area (Å²) in [6.45, 7) is 0. The number of carbonyl (C=O) groups is 1. The quantitative estimate of drug-likeness (QED) is 0.698. The van der Waals surface area contributed by atoms with E-state index in [1.165, 1.54) is 6.26 Å². The molecule has 0 aliphatic heterocycles. The summed E-state index contributed by atoms with van der Waals surface area (Å²) in [6, 6.07) is 11.9. The number of aromatic nitrogens is 1. The van der Waals surface area contributed by atoms with Gasteiger partial charge in [-0.05, 0) is 42.5 Å². The fourth-order valence-electron chi connectivity index (χ4n) is 1.86. The third-order valence-electron chi connectivity index (χ3n) is 2.96. The summed E-state index contributed by atoms with van der Waals surface area (Å²) in [4.78, 5) is 16.1. The van der Waals surface area contributed by atoms with E-state index in [9.17, 15) is 4.79 Å². The highest BCUT2D eigenvalue weighted by Gasteiger charge is 2.08. The standard InChI is InChI=1S/C16H11Cl2N3O2/c17-12-5-3-10(8-13(12)18)20-15-6-4-11(9-19-15)21-16(22)14-2-1-7-23-14/h1-9H,(H,19,20)(H,21,22). The molecule has 0 radical (unpaired) electrons. The fourth-order valence-corrected chi connectivity index (χ4v) is 2.16. The van der Waals surface area contributed by atoms with Crippen molar-refractivity contribution in [3.05, 3.63) is 70.7 Å². The summed E-state index contributed by atoms with van der Waals surface area (Å²) in [5.41, 5.74) is 1.32. The van der Waals surface area contributed by atoms with Crippen LogP contribution >= 0.6 is 23.2 Å². The smallest absolute Gasteiger partial charge is 0.291 e. The topological polar surface area (TPSA) is 67.2 Å². The number of hydrogen-bond acceptors (Lipinski definition) is 4. The van der Waals surface area contributed by atoms with Crippen LogP contribution in [0.15, 0.2) is 59.3 Å². The van der Waals surface area contributed by atoms with Gasteiger partial charge in [0.25, 0.3) is 5.91 Å². The monoisotopic (exact) mass is 347 g/mol. The van der Waals surface area contributed by atoms with Crippen molar-refractivity contribution < 1.29 is 9.21 Å². The minimum Gasteiger partial charge on any atom is -0.459 e. The molecule has 23 heavy (non-hydrogen) atoms. The molecule has 0 bridgehead atoms. The van der Waals surface area contributed by atoms with Crippen LogP contribution in [0.3, 0.4) is 0 Å². The van der Waals surface area contributed by atoms with E-state index in [1.54, 1.807) is 48.7 Å². The van der Waals surface area contributed by atoms with Gasteiger partial charge in [-0.1, -0.05) is 23.2 Å². The Morgan fingerprint density at radius 3 is 2.52 bits per heavy atom. The lowest BCUT2D eigenvalue weighted by Gasteiger charge is -2.08.